The molecule has 3 aromatic carbocycles. The second-order valence-corrected chi connectivity index (χ2v) is 9.18. The summed E-state index contributed by atoms with van der Waals surface area (Å²) in [5, 5.41) is 3.41. The highest BCUT2D eigenvalue weighted by molar-refractivity contribution is 5.84. The van der Waals surface area contributed by atoms with Crippen LogP contribution in [0.4, 0.5) is 22.7 Å². The van der Waals surface area contributed by atoms with E-state index in [9.17, 15) is 0 Å². The van der Waals surface area contributed by atoms with Gasteiger partial charge in [-0.05, 0) is 92.3 Å². The van der Waals surface area contributed by atoms with Crippen molar-refractivity contribution in [2.45, 2.75) is 52.0 Å². The van der Waals surface area contributed by atoms with Gasteiger partial charge in [0.25, 0.3) is 0 Å². The number of nitrogens with one attached hydrogen (secondary N) is 1. The summed E-state index contributed by atoms with van der Waals surface area (Å²) in [6.07, 6.45) is 4.32. The lowest BCUT2D eigenvalue weighted by molar-refractivity contribution is 0.376. The van der Waals surface area contributed by atoms with Crippen molar-refractivity contribution in [3.8, 4) is 0 Å². The van der Waals surface area contributed by atoms with E-state index in [0.717, 1.165) is 35.6 Å². The van der Waals surface area contributed by atoms with Gasteiger partial charge in [0.05, 0.1) is 5.69 Å². The molecule has 1 N–H and O–H groups in total. The van der Waals surface area contributed by atoms with E-state index in [0.29, 0.717) is 5.92 Å². The Bertz CT molecular complexity index is 1040. The molecule has 1 atom stereocenters. The van der Waals surface area contributed by atoms with Gasteiger partial charge in [-0.25, -0.2) is 0 Å². The van der Waals surface area contributed by atoms with Gasteiger partial charge in [-0.3, -0.25) is 4.99 Å². The number of para-hydroxylation sites is 1. The Balaban J connectivity index is 1.50. The minimum absolute atomic E-state index is 0.202. The van der Waals surface area contributed by atoms with Crippen molar-refractivity contribution < 1.29 is 0 Å². The predicted molar refractivity (Wildman–Crippen MR) is 135 cm³/mol. The Morgan fingerprint density at radius 1 is 1.00 bits per heavy atom. The van der Waals surface area contributed by atoms with Gasteiger partial charge in [-0.15, -0.1) is 0 Å². The van der Waals surface area contributed by atoms with Crippen LogP contribution in [0.3, 0.4) is 0 Å². The molecule has 0 amide bonds. The largest absolute Gasteiger partial charge is 0.366 e. The molecule has 0 aliphatic carbocycles. The maximum atomic E-state index is 4.72. The first-order chi connectivity index (χ1) is 15.0. The van der Waals surface area contributed by atoms with E-state index >= 15 is 0 Å². The zero-order chi connectivity index (χ0) is 21.8. The van der Waals surface area contributed by atoms with Crippen LogP contribution in [0, 0.1) is 0 Å². The van der Waals surface area contributed by atoms with E-state index in [4.69, 9.17) is 4.99 Å². The number of benzene rings is 3. The fourth-order valence-corrected chi connectivity index (χ4v) is 4.70. The molecule has 1 unspecified atom stereocenters. The highest BCUT2D eigenvalue weighted by Crippen LogP contribution is 2.43. The second-order valence-electron chi connectivity index (χ2n) is 9.18. The Morgan fingerprint density at radius 3 is 2.42 bits per heavy atom. The number of anilines is 3. The molecule has 1 aliphatic heterocycles. The van der Waals surface area contributed by atoms with Crippen molar-refractivity contribution >= 4 is 29.0 Å². The van der Waals surface area contributed by atoms with Gasteiger partial charge in [0.2, 0.25) is 0 Å². The van der Waals surface area contributed by atoms with Crippen LogP contribution in [-0.2, 0) is 0 Å². The van der Waals surface area contributed by atoms with Crippen LogP contribution < -0.4 is 10.2 Å². The number of hydrogen-bond acceptors (Lipinski definition) is 3. The highest BCUT2D eigenvalue weighted by Gasteiger charge is 2.35. The topological polar surface area (TPSA) is 27.6 Å². The number of rotatable bonds is 6. The summed E-state index contributed by atoms with van der Waals surface area (Å²) in [5.74, 6) is 0.551. The summed E-state index contributed by atoms with van der Waals surface area (Å²) in [5.41, 5.74) is 7.30. The quantitative estimate of drug-likeness (QED) is 0.421. The van der Waals surface area contributed by atoms with Crippen LogP contribution in [0.2, 0.25) is 0 Å². The summed E-state index contributed by atoms with van der Waals surface area (Å²) >= 11 is 0. The lowest BCUT2D eigenvalue weighted by Gasteiger charge is -2.47. The van der Waals surface area contributed by atoms with Gasteiger partial charge in [-0.1, -0.05) is 38.1 Å². The lowest BCUT2D eigenvalue weighted by atomic mass is 9.79. The van der Waals surface area contributed by atoms with Crippen molar-refractivity contribution in [3.05, 3.63) is 83.9 Å². The third-order valence-corrected chi connectivity index (χ3v) is 6.15. The van der Waals surface area contributed by atoms with Crippen molar-refractivity contribution in [3.63, 3.8) is 0 Å². The summed E-state index contributed by atoms with van der Waals surface area (Å²) in [6.45, 7) is 10.4. The van der Waals surface area contributed by atoms with Crippen LogP contribution in [0.25, 0.3) is 0 Å². The SMILES string of the molecule is CCCN1c2ccc(C=Nc3ccc(Nc4ccccc4)cc3)cc2C(C)CC1(C)C. The first-order valence-electron chi connectivity index (χ1n) is 11.3. The lowest BCUT2D eigenvalue weighted by Crippen LogP contribution is -2.48. The molecule has 0 fully saturated rings. The normalized spacial score (nSPS) is 17.5. The van der Waals surface area contributed by atoms with Crippen LogP contribution in [0.1, 0.15) is 57.6 Å². The first kappa shape index (κ1) is 21.2. The highest BCUT2D eigenvalue weighted by atomic mass is 15.2. The smallest absolute Gasteiger partial charge is 0.0631 e. The number of nitrogens with zero attached hydrogens (tertiary/aromatic N) is 2. The third-order valence-electron chi connectivity index (χ3n) is 6.15. The molecule has 1 heterocycles. The first-order valence-corrected chi connectivity index (χ1v) is 11.3. The van der Waals surface area contributed by atoms with Crippen LogP contribution in [0.15, 0.2) is 77.8 Å². The van der Waals surface area contributed by atoms with Crippen molar-refractivity contribution in [1.82, 2.24) is 0 Å². The van der Waals surface area contributed by atoms with Crippen LogP contribution in [-0.4, -0.2) is 18.3 Å². The van der Waals surface area contributed by atoms with E-state index in [1.54, 1.807) is 0 Å². The minimum Gasteiger partial charge on any atom is -0.366 e. The van der Waals surface area contributed by atoms with Gasteiger partial charge in [0.15, 0.2) is 0 Å². The summed E-state index contributed by atoms with van der Waals surface area (Å²) in [7, 11) is 0. The predicted octanol–water partition coefficient (Wildman–Crippen LogP) is 7.68. The Kier molecular flexibility index (Phi) is 6.13. The summed E-state index contributed by atoms with van der Waals surface area (Å²) in [6, 6.07) is 25.3. The molecular formula is C28H33N3. The van der Waals surface area contributed by atoms with Crippen molar-refractivity contribution in [2.24, 2.45) is 4.99 Å². The second kappa shape index (κ2) is 8.97. The van der Waals surface area contributed by atoms with Gasteiger partial charge in [-0.2, -0.15) is 0 Å². The molecule has 0 radical (unpaired) electrons. The Hall–Kier alpha value is -3.07. The summed E-state index contributed by atoms with van der Waals surface area (Å²) < 4.78 is 0. The van der Waals surface area contributed by atoms with Crippen molar-refractivity contribution in [1.29, 1.82) is 0 Å². The number of aliphatic imine (C=N–C) groups is 1. The molecule has 3 aromatic rings. The molecule has 0 aromatic heterocycles. The van der Waals surface area contributed by atoms with Crippen LogP contribution >= 0.6 is 0 Å². The van der Waals surface area contributed by atoms with E-state index < -0.39 is 0 Å². The fraction of sp³-hybridized carbons (Fsp3) is 0.321. The average Bonchev–Trinajstić information content (AvgIpc) is 2.76. The molecule has 1 aliphatic rings. The number of hydrogen-bond donors (Lipinski definition) is 1. The van der Waals surface area contributed by atoms with E-state index in [2.05, 4.69) is 80.4 Å². The molecule has 3 heteroatoms. The minimum atomic E-state index is 0.202. The maximum absolute atomic E-state index is 4.72. The third kappa shape index (κ3) is 4.82. The Labute approximate surface area is 186 Å². The monoisotopic (exact) mass is 411 g/mol. The molecule has 0 saturated carbocycles. The average molecular weight is 412 g/mol. The standard InChI is InChI=1S/C28H33N3/c1-5-17-31-27-16-11-22(18-26(27)21(2)19-28(31,3)4)20-29-23-12-14-25(15-13-23)30-24-9-7-6-8-10-24/h6-16,18,20-21,30H,5,17,19H2,1-4H3. The van der Waals surface area contributed by atoms with Crippen molar-refractivity contribution in [2.75, 3.05) is 16.8 Å². The molecule has 3 nitrogen and oxygen atoms in total. The summed E-state index contributed by atoms with van der Waals surface area (Å²) in [4.78, 5) is 7.30. The van der Waals surface area contributed by atoms with E-state index in [1.165, 1.54) is 17.7 Å². The molecule has 0 bridgehead atoms. The van der Waals surface area contributed by atoms with E-state index in [1.807, 2.05) is 36.5 Å². The Morgan fingerprint density at radius 2 is 1.71 bits per heavy atom. The van der Waals surface area contributed by atoms with Crippen LogP contribution in [0.5, 0.6) is 0 Å². The molecule has 160 valence electrons. The molecule has 0 spiro atoms. The molecule has 31 heavy (non-hydrogen) atoms. The molecule has 4 rings (SSSR count). The zero-order valence-electron chi connectivity index (χ0n) is 19.1. The van der Waals surface area contributed by atoms with Gasteiger partial charge < -0.3 is 10.2 Å². The zero-order valence-corrected chi connectivity index (χ0v) is 19.1. The fourth-order valence-electron chi connectivity index (χ4n) is 4.70. The van der Waals surface area contributed by atoms with Gasteiger partial charge in [0, 0.05) is 35.4 Å². The number of fused-ring (bicyclic) bond motifs is 1. The molecular weight excluding hydrogens is 378 g/mol. The van der Waals surface area contributed by atoms with Gasteiger partial charge in [0.1, 0.15) is 0 Å². The molecule has 0 saturated heterocycles. The van der Waals surface area contributed by atoms with Gasteiger partial charge >= 0.3 is 0 Å². The van der Waals surface area contributed by atoms with E-state index in [-0.39, 0.29) is 5.54 Å². The maximum Gasteiger partial charge on any atom is 0.0631 e.